The van der Waals surface area contributed by atoms with Gasteiger partial charge in [0.05, 0.1) is 0 Å². The molecule has 2 aliphatic rings. The van der Waals surface area contributed by atoms with Crippen LogP contribution in [0.3, 0.4) is 0 Å². The van der Waals surface area contributed by atoms with Crippen molar-refractivity contribution in [3.63, 3.8) is 0 Å². The van der Waals surface area contributed by atoms with E-state index >= 15 is 0 Å². The number of nitrogens with zero attached hydrogens (tertiary/aromatic N) is 1. The molecular weight excluding hydrogens is 154 g/mol. The van der Waals surface area contributed by atoms with Crippen molar-refractivity contribution in [2.45, 2.75) is 25.7 Å². The lowest BCUT2D eigenvalue weighted by Gasteiger charge is -2.04. The maximum absolute atomic E-state index is 11.1. The number of rotatable bonds is 1. The summed E-state index contributed by atoms with van der Waals surface area (Å²) in [5.41, 5.74) is 0. The molecule has 1 amide bonds. The molecule has 0 radical (unpaired) electrons. The average molecular weight is 165 g/mol. The van der Waals surface area contributed by atoms with Crippen molar-refractivity contribution in [2.24, 2.45) is 22.7 Å². The third-order valence-corrected chi connectivity index (χ3v) is 3.10. The van der Waals surface area contributed by atoms with Gasteiger partial charge in [0.25, 0.3) is 5.91 Å². The van der Waals surface area contributed by atoms with E-state index in [1.165, 1.54) is 18.9 Å². The Balaban J connectivity index is 2.00. The van der Waals surface area contributed by atoms with E-state index in [0.29, 0.717) is 11.8 Å². The van der Waals surface area contributed by atoms with E-state index in [4.69, 9.17) is 0 Å². The summed E-state index contributed by atoms with van der Waals surface area (Å²) < 4.78 is 0. The summed E-state index contributed by atoms with van der Waals surface area (Å²) in [4.78, 5) is 24.1. The Kier molecular flexibility index (Phi) is 1.81. The van der Waals surface area contributed by atoms with Gasteiger partial charge < -0.3 is 0 Å². The van der Waals surface area contributed by atoms with Gasteiger partial charge in [0.1, 0.15) is 0 Å². The molecule has 0 saturated heterocycles. The molecule has 0 aromatic heterocycles. The van der Waals surface area contributed by atoms with Crippen molar-refractivity contribution < 1.29 is 9.59 Å². The molecule has 2 aliphatic carbocycles. The number of hydrogen-bond donors (Lipinski definition) is 0. The number of carbonyl (C=O) groups excluding carboxylic acids is 2. The van der Waals surface area contributed by atoms with Gasteiger partial charge in [-0.15, -0.1) is 4.99 Å². The lowest BCUT2D eigenvalue weighted by Crippen LogP contribution is -1.97. The smallest absolute Gasteiger partial charge is 0.260 e. The highest BCUT2D eigenvalue weighted by atomic mass is 16.2. The lowest BCUT2D eigenvalue weighted by molar-refractivity contribution is -0.119. The second-order valence-electron chi connectivity index (χ2n) is 3.68. The van der Waals surface area contributed by atoms with E-state index in [1.54, 1.807) is 0 Å². The topological polar surface area (TPSA) is 46.5 Å². The normalized spacial score (nSPS) is 37.8. The quantitative estimate of drug-likeness (QED) is 0.434. The van der Waals surface area contributed by atoms with Gasteiger partial charge in [0.2, 0.25) is 6.08 Å². The van der Waals surface area contributed by atoms with Crippen LogP contribution < -0.4 is 0 Å². The first-order valence-electron chi connectivity index (χ1n) is 4.46. The summed E-state index contributed by atoms with van der Waals surface area (Å²) in [7, 11) is 0. The number of fused-ring (bicyclic) bond motifs is 1. The highest BCUT2D eigenvalue weighted by Gasteiger charge is 2.54. The summed E-state index contributed by atoms with van der Waals surface area (Å²) in [5, 5.41) is 0. The Morgan fingerprint density at radius 3 is 2.33 bits per heavy atom. The van der Waals surface area contributed by atoms with Gasteiger partial charge in [-0.25, -0.2) is 4.79 Å². The molecule has 0 bridgehead atoms. The Bertz CT molecular complexity index is 243. The molecule has 2 fully saturated rings. The standard InChI is InChI=1S/C9H11NO2/c11-5-10-9(12)8-6-3-1-2-4-7(6)8/h6-8H,1-4H2. The zero-order chi connectivity index (χ0) is 8.55. The van der Waals surface area contributed by atoms with Crippen LogP contribution in [0.2, 0.25) is 0 Å². The summed E-state index contributed by atoms with van der Waals surface area (Å²) in [6, 6.07) is 0. The van der Waals surface area contributed by atoms with Crippen LogP contribution in [0, 0.1) is 17.8 Å². The minimum absolute atomic E-state index is 0.0777. The molecule has 0 aromatic carbocycles. The molecular formula is C9H11NO2. The van der Waals surface area contributed by atoms with Crippen LogP contribution in [0.25, 0.3) is 0 Å². The number of carbonyl (C=O) groups is 1. The number of hydrogen-bond acceptors (Lipinski definition) is 2. The number of amides is 1. The first kappa shape index (κ1) is 7.69. The number of isocyanates is 1. The van der Waals surface area contributed by atoms with E-state index in [0.717, 1.165) is 12.8 Å². The van der Waals surface area contributed by atoms with Crippen molar-refractivity contribution in [3.8, 4) is 0 Å². The molecule has 0 aromatic rings. The summed E-state index contributed by atoms with van der Waals surface area (Å²) in [5.74, 6) is 0.933. The van der Waals surface area contributed by atoms with Crippen molar-refractivity contribution in [3.05, 3.63) is 0 Å². The molecule has 0 aliphatic heterocycles. The molecule has 2 unspecified atom stereocenters. The van der Waals surface area contributed by atoms with Gasteiger partial charge in [-0.2, -0.15) is 0 Å². The minimum atomic E-state index is -0.234. The van der Waals surface area contributed by atoms with Crippen molar-refractivity contribution >= 4 is 12.0 Å². The fourth-order valence-electron chi connectivity index (χ4n) is 2.48. The van der Waals surface area contributed by atoms with Crippen LogP contribution in [0.5, 0.6) is 0 Å². The molecule has 12 heavy (non-hydrogen) atoms. The summed E-state index contributed by atoms with van der Waals surface area (Å²) in [6.45, 7) is 0. The molecule has 3 heteroatoms. The van der Waals surface area contributed by atoms with Crippen molar-refractivity contribution in [1.29, 1.82) is 0 Å². The molecule has 64 valence electrons. The summed E-state index contributed by atoms with van der Waals surface area (Å²) >= 11 is 0. The zero-order valence-electron chi connectivity index (χ0n) is 6.82. The maximum Gasteiger partial charge on any atom is 0.260 e. The first-order valence-corrected chi connectivity index (χ1v) is 4.46. The van der Waals surface area contributed by atoms with Gasteiger partial charge in [0, 0.05) is 5.92 Å². The second-order valence-corrected chi connectivity index (χ2v) is 3.68. The van der Waals surface area contributed by atoms with E-state index < -0.39 is 0 Å². The second kappa shape index (κ2) is 2.83. The molecule has 3 nitrogen and oxygen atoms in total. The van der Waals surface area contributed by atoms with E-state index in [1.807, 2.05) is 0 Å². The van der Waals surface area contributed by atoms with Crippen LogP contribution in [0.4, 0.5) is 0 Å². The Labute approximate surface area is 70.9 Å². The average Bonchev–Trinajstić information content (AvgIpc) is 2.78. The number of aliphatic imine (C=N–C) groups is 1. The SMILES string of the molecule is O=C=NC(=O)C1C2CCCCC21. The van der Waals surface area contributed by atoms with Crippen LogP contribution in [0.15, 0.2) is 4.99 Å². The van der Waals surface area contributed by atoms with Crippen molar-refractivity contribution in [2.75, 3.05) is 0 Å². The summed E-state index contributed by atoms with van der Waals surface area (Å²) in [6.07, 6.45) is 6.08. The Morgan fingerprint density at radius 2 is 1.83 bits per heavy atom. The molecule has 2 atom stereocenters. The highest BCUT2D eigenvalue weighted by Crippen LogP contribution is 2.55. The predicted molar refractivity (Wildman–Crippen MR) is 42.1 cm³/mol. The molecule has 0 heterocycles. The zero-order valence-corrected chi connectivity index (χ0v) is 6.82. The van der Waals surface area contributed by atoms with Gasteiger partial charge in [-0.3, -0.25) is 4.79 Å². The largest absolute Gasteiger partial charge is 0.271 e. The molecule has 2 rings (SSSR count). The van der Waals surface area contributed by atoms with Crippen LogP contribution in [-0.2, 0) is 9.59 Å². The first-order chi connectivity index (χ1) is 5.84. The Morgan fingerprint density at radius 1 is 1.25 bits per heavy atom. The van der Waals surface area contributed by atoms with Crippen molar-refractivity contribution in [1.82, 2.24) is 0 Å². The fourth-order valence-corrected chi connectivity index (χ4v) is 2.48. The molecule has 0 N–H and O–H groups in total. The van der Waals surface area contributed by atoms with Crippen LogP contribution in [0.1, 0.15) is 25.7 Å². The van der Waals surface area contributed by atoms with E-state index in [-0.39, 0.29) is 11.8 Å². The third-order valence-electron chi connectivity index (χ3n) is 3.10. The van der Waals surface area contributed by atoms with Crippen LogP contribution >= 0.6 is 0 Å². The Hall–Kier alpha value is -0.950. The molecule has 2 saturated carbocycles. The third kappa shape index (κ3) is 1.10. The fraction of sp³-hybridized carbons (Fsp3) is 0.778. The van der Waals surface area contributed by atoms with Gasteiger partial charge in [-0.05, 0) is 24.7 Å². The highest BCUT2D eigenvalue weighted by molar-refractivity contribution is 5.86. The maximum atomic E-state index is 11.1. The van der Waals surface area contributed by atoms with Gasteiger partial charge >= 0.3 is 0 Å². The van der Waals surface area contributed by atoms with E-state index in [2.05, 4.69) is 4.99 Å². The monoisotopic (exact) mass is 165 g/mol. The molecule has 0 spiro atoms. The van der Waals surface area contributed by atoms with Gasteiger partial charge in [0.15, 0.2) is 0 Å². The van der Waals surface area contributed by atoms with Gasteiger partial charge in [-0.1, -0.05) is 12.8 Å². The van der Waals surface area contributed by atoms with E-state index in [9.17, 15) is 9.59 Å². The lowest BCUT2D eigenvalue weighted by atomic mass is 10.0. The van der Waals surface area contributed by atoms with Crippen LogP contribution in [-0.4, -0.2) is 12.0 Å². The predicted octanol–water partition coefficient (Wildman–Crippen LogP) is 1.28. The minimum Gasteiger partial charge on any atom is -0.271 e.